The molecule has 0 radical (unpaired) electrons. The smallest absolute Gasteiger partial charge is 0.211 e. The number of fused-ring (bicyclic) bond motifs is 3. The fourth-order valence-corrected chi connectivity index (χ4v) is 3.02. The van der Waals surface area contributed by atoms with Gasteiger partial charge in [-0.25, -0.2) is 9.37 Å². The van der Waals surface area contributed by atoms with E-state index in [1.807, 2.05) is 24.4 Å². The average molecular weight is 288 g/mol. The number of halogens is 1. The van der Waals surface area contributed by atoms with Crippen molar-refractivity contribution in [3.05, 3.63) is 78.2 Å². The van der Waals surface area contributed by atoms with E-state index in [1.165, 1.54) is 22.2 Å². The van der Waals surface area contributed by atoms with Crippen LogP contribution < -0.4 is 4.98 Å². The second-order valence-electron chi connectivity index (χ2n) is 5.56. The molecule has 1 N–H and O–H groups in total. The zero-order valence-electron chi connectivity index (χ0n) is 12.2. The second kappa shape index (κ2) is 4.92. The van der Waals surface area contributed by atoms with Gasteiger partial charge in [0.15, 0.2) is 6.20 Å². The van der Waals surface area contributed by atoms with Crippen LogP contribution in [0.15, 0.2) is 66.9 Å². The largest absolute Gasteiger partial charge is 0.218 e. The fourth-order valence-electron chi connectivity index (χ4n) is 3.02. The van der Waals surface area contributed by atoms with Crippen LogP contribution in [0, 0.1) is 12.7 Å². The first-order valence-electron chi connectivity index (χ1n) is 7.33. The van der Waals surface area contributed by atoms with Crippen LogP contribution in [0.1, 0.15) is 5.56 Å². The van der Waals surface area contributed by atoms with Crippen LogP contribution in [-0.2, 0) is 0 Å². The van der Waals surface area contributed by atoms with Crippen LogP contribution >= 0.6 is 0 Å². The Morgan fingerprint density at radius 3 is 2.55 bits per heavy atom. The molecule has 0 atom stereocenters. The Morgan fingerprint density at radius 2 is 1.68 bits per heavy atom. The Labute approximate surface area is 128 Å². The molecule has 1 heterocycles. The van der Waals surface area contributed by atoms with E-state index in [4.69, 9.17) is 0 Å². The lowest BCUT2D eigenvalue weighted by Crippen LogP contribution is -2.06. The number of benzene rings is 3. The van der Waals surface area contributed by atoms with Gasteiger partial charge in [-0.2, -0.15) is 0 Å². The highest BCUT2D eigenvalue weighted by Crippen LogP contribution is 2.30. The number of aryl methyl sites for hydroxylation is 1. The van der Waals surface area contributed by atoms with E-state index in [-0.39, 0.29) is 5.82 Å². The standard InChI is InChI=1S/C20H14FN/c1-13-12-15(7-9-19(13)21)20-18-8-6-14-4-2-3-5-16(14)17(18)10-11-22-20/h2-12H,1H3/p+1. The Hall–Kier alpha value is -2.74. The van der Waals surface area contributed by atoms with Gasteiger partial charge in [0.05, 0.1) is 5.39 Å². The van der Waals surface area contributed by atoms with E-state index in [0.717, 1.165) is 16.6 Å². The van der Waals surface area contributed by atoms with Gasteiger partial charge in [-0.15, -0.1) is 0 Å². The molecule has 106 valence electrons. The Bertz CT molecular complexity index is 1000. The minimum atomic E-state index is -0.172. The SMILES string of the molecule is Cc1cc(-c2[nH+]ccc3c2ccc2ccccc23)ccc1F. The highest BCUT2D eigenvalue weighted by Gasteiger charge is 2.13. The molecule has 0 amide bonds. The molecule has 0 saturated carbocycles. The van der Waals surface area contributed by atoms with Crippen molar-refractivity contribution in [2.45, 2.75) is 6.92 Å². The molecular formula is C20H15FN+. The maximum Gasteiger partial charge on any atom is 0.218 e. The van der Waals surface area contributed by atoms with Gasteiger partial charge < -0.3 is 0 Å². The van der Waals surface area contributed by atoms with Crippen LogP contribution in [0.5, 0.6) is 0 Å². The number of nitrogens with one attached hydrogen (secondary N) is 1. The number of hydrogen-bond donors (Lipinski definition) is 0. The number of aromatic amines is 1. The van der Waals surface area contributed by atoms with Gasteiger partial charge >= 0.3 is 0 Å². The molecule has 1 nitrogen and oxygen atoms in total. The first kappa shape index (κ1) is 13.0. The van der Waals surface area contributed by atoms with E-state index in [0.29, 0.717) is 5.56 Å². The summed E-state index contributed by atoms with van der Waals surface area (Å²) in [5, 5.41) is 4.80. The minimum absolute atomic E-state index is 0.172. The van der Waals surface area contributed by atoms with Crippen molar-refractivity contribution >= 4 is 21.5 Å². The van der Waals surface area contributed by atoms with Gasteiger partial charge in [-0.3, -0.25) is 0 Å². The normalized spacial score (nSPS) is 11.2. The molecule has 4 rings (SSSR count). The van der Waals surface area contributed by atoms with Gasteiger partial charge in [0, 0.05) is 17.0 Å². The van der Waals surface area contributed by atoms with E-state index in [2.05, 4.69) is 41.4 Å². The lowest BCUT2D eigenvalue weighted by Gasteiger charge is -2.06. The summed E-state index contributed by atoms with van der Waals surface area (Å²) in [5.41, 5.74) is 2.68. The summed E-state index contributed by atoms with van der Waals surface area (Å²) in [7, 11) is 0. The van der Waals surface area contributed by atoms with Gasteiger partial charge in [-0.05, 0) is 47.5 Å². The van der Waals surface area contributed by atoms with Crippen LogP contribution in [0.25, 0.3) is 32.8 Å². The van der Waals surface area contributed by atoms with Crippen molar-refractivity contribution in [3.63, 3.8) is 0 Å². The van der Waals surface area contributed by atoms with Crippen molar-refractivity contribution < 1.29 is 9.37 Å². The molecule has 0 aliphatic rings. The molecule has 0 unspecified atom stereocenters. The number of pyridine rings is 1. The predicted molar refractivity (Wildman–Crippen MR) is 88.1 cm³/mol. The zero-order chi connectivity index (χ0) is 15.1. The molecule has 4 aromatic rings. The van der Waals surface area contributed by atoms with Crippen molar-refractivity contribution in [2.75, 3.05) is 0 Å². The second-order valence-corrected chi connectivity index (χ2v) is 5.56. The summed E-state index contributed by atoms with van der Waals surface area (Å²) in [6, 6.07) is 19.9. The summed E-state index contributed by atoms with van der Waals surface area (Å²) in [6.07, 6.45) is 1.95. The van der Waals surface area contributed by atoms with Crippen LogP contribution in [-0.4, -0.2) is 0 Å². The van der Waals surface area contributed by atoms with E-state index in [1.54, 1.807) is 6.92 Å². The maximum atomic E-state index is 13.5. The van der Waals surface area contributed by atoms with Gasteiger partial charge in [0.1, 0.15) is 5.82 Å². The Morgan fingerprint density at radius 1 is 0.818 bits per heavy atom. The zero-order valence-corrected chi connectivity index (χ0v) is 12.2. The first-order valence-corrected chi connectivity index (χ1v) is 7.33. The molecule has 0 fully saturated rings. The lowest BCUT2D eigenvalue weighted by molar-refractivity contribution is -0.362. The molecule has 22 heavy (non-hydrogen) atoms. The van der Waals surface area contributed by atoms with Crippen molar-refractivity contribution in [2.24, 2.45) is 0 Å². The molecule has 3 aromatic carbocycles. The molecular weight excluding hydrogens is 273 g/mol. The Balaban J connectivity index is 2.06. The van der Waals surface area contributed by atoms with Gasteiger partial charge in [0.2, 0.25) is 5.69 Å². The number of H-pyrrole nitrogens is 1. The van der Waals surface area contributed by atoms with E-state index < -0.39 is 0 Å². The average Bonchev–Trinajstić information content (AvgIpc) is 2.56. The highest BCUT2D eigenvalue weighted by molar-refractivity contribution is 6.10. The maximum absolute atomic E-state index is 13.5. The van der Waals surface area contributed by atoms with Crippen molar-refractivity contribution in [3.8, 4) is 11.3 Å². The molecule has 2 heteroatoms. The van der Waals surface area contributed by atoms with Crippen molar-refractivity contribution in [1.29, 1.82) is 0 Å². The predicted octanol–water partition coefficient (Wildman–Crippen LogP) is 4.92. The van der Waals surface area contributed by atoms with Crippen LogP contribution in [0.4, 0.5) is 4.39 Å². The summed E-state index contributed by atoms with van der Waals surface area (Å²) < 4.78 is 13.5. The summed E-state index contributed by atoms with van der Waals surface area (Å²) in [4.78, 5) is 3.32. The monoisotopic (exact) mass is 288 g/mol. The first-order chi connectivity index (χ1) is 10.7. The number of aromatic nitrogens is 1. The van der Waals surface area contributed by atoms with Crippen LogP contribution in [0.2, 0.25) is 0 Å². The van der Waals surface area contributed by atoms with E-state index in [9.17, 15) is 4.39 Å². The minimum Gasteiger partial charge on any atom is -0.211 e. The quantitative estimate of drug-likeness (QED) is 0.441. The van der Waals surface area contributed by atoms with Crippen molar-refractivity contribution in [1.82, 2.24) is 0 Å². The topological polar surface area (TPSA) is 14.1 Å². The molecule has 0 bridgehead atoms. The Kier molecular flexibility index (Phi) is 2.90. The molecule has 0 spiro atoms. The third-order valence-electron chi connectivity index (χ3n) is 4.16. The lowest BCUT2D eigenvalue weighted by atomic mass is 9.98. The number of rotatable bonds is 1. The molecule has 0 saturated heterocycles. The summed E-state index contributed by atoms with van der Waals surface area (Å²) in [6.45, 7) is 1.79. The molecule has 0 aliphatic heterocycles. The number of hydrogen-bond acceptors (Lipinski definition) is 0. The molecule has 0 aliphatic carbocycles. The third kappa shape index (κ3) is 1.96. The van der Waals surface area contributed by atoms with Crippen LogP contribution in [0.3, 0.4) is 0 Å². The summed E-state index contributed by atoms with van der Waals surface area (Å²) >= 11 is 0. The fraction of sp³-hybridized carbons (Fsp3) is 0.0500. The summed E-state index contributed by atoms with van der Waals surface area (Å²) in [5.74, 6) is -0.172. The highest BCUT2D eigenvalue weighted by atomic mass is 19.1. The third-order valence-corrected chi connectivity index (χ3v) is 4.16. The van der Waals surface area contributed by atoms with Gasteiger partial charge in [0.25, 0.3) is 0 Å². The molecule has 1 aromatic heterocycles. The van der Waals surface area contributed by atoms with Gasteiger partial charge in [-0.1, -0.05) is 30.3 Å². The van der Waals surface area contributed by atoms with E-state index >= 15 is 0 Å².